The summed E-state index contributed by atoms with van der Waals surface area (Å²) in [7, 11) is 0. The number of halogens is 1. The lowest BCUT2D eigenvalue weighted by atomic mass is 10.2. The van der Waals surface area contributed by atoms with Gasteiger partial charge in [0, 0.05) is 11.1 Å². The summed E-state index contributed by atoms with van der Waals surface area (Å²) in [5, 5.41) is 6.94. The number of nitrogens with two attached hydrogens (primary N) is 1. The maximum Gasteiger partial charge on any atom is 0.256 e. The van der Waals surface area contributed by atoms with Crippen molar-refractivity contribution in [2.24, 2.45) is 0 Å². The van der Waals surface area contributed by atoms with Gasteiger partial charge in [-0.05, 0) is 36.1 Å². The van der Waals surface area contributed by atoms with Crippen LogP contribution in [-0.4, -0.2) is 5.91 Å². The normalized spacial score (nSPS) is 10.2. The number of rotatable bonds is 2. The first-order valence-electron chi connectivity index (χ1n) is 4.97. The van der Waals surface area contributed by atoms with Gasteiger partial charge in [-0.15, -0.1) is 0 Å². The van der Waals surface area contributed by atoms with E-state index >= 15 is 0 Å². The van der Waals surface area contributed by atoms with Crippen LogP contribution < -0.4 is 11.1 Å². The summed E-state index contributed by atoms with van der Waals surface area (Å²) in [6.07, 6.45) is 0. The third-order valence-corrected chi connectivity index (χ3v) is 3.52. The summed E-state index contributed by atoms with van der Waals surface area (Å²) in [6, 6.07) is 5.00. The average Bonchev–Trinajstić information content (AvgIpc) is 2.68. The van der Waals surface area contributed by atoms with Crippen molar-refractivity contribution in [3.05, 3.63) is 45.1 Å². The Morgan fingerprint density at radius 2 is 2.18 bits per heavy atom. The molecule has 0 fully saturated rings. The third-order valence-electron chi connectivity index (χ3n) is 2.34. The Morgan fingerprint density at radius 3 is 2.76 bits per heavy atom. The molecule has 0 unspecified atom stereocenters. The van der Waals surface area contributed by atoms with Crippen LogP contribution in [0.3, 0.4) is 0 Å². The zero-order valence-corrected chi connectivity index (χ0v) is 10.7. The molecule has 1 amide bonds. The molecule has 2 aromatic rings. The van der Waals surface area contributed by atoms with E-state index in [0.29, 0.717) is 22.0 Å². The number of nitrogen functional groups attached to an aromatic ring is 1. The SMILES string of the molecule is Cc1cscc1C(=O)Nc1ccc(N)cc1Cl. The van der Waals surface area contributed by atoms with Gasteiger partial charge >= 0.3 is 0 Å². The fourth-order valence-electron chi connectivity index (χ4n) is 1.42. The lowest BCUT2D eigenvalue weighted by molar-refractivity contribution is 0.102. The van der Waals surface area contributed by atoms with Gasteiger partial charge < -0.3 is 11.1 Å². The van der Waals surface area contributed by atoms with Crippen LogP contribution in [0.1, 0.15) is 15.9 Å². The van der Waals surface area contributed by atoms with Gasteiger partial charge in [0.2, 0.25) is 0 Å². The van der Waals surface area contributed by atoms with Gasteiger partial charge in [-0.25, -0.2) is 0 Å². The highest BCUT2D eigenvalue weighted by Crippen LogP contribution is 2.25. The van der Waals surface area contributed by atoms with Crippen LogP contribution in [0, 0.1) is 6.92 Å². The van der Waals surface area contributed by atoms with Crippen LogP contribution >= 0.6 is 22.9 Å². The van der Waals surface area contributed by atoms with Crippen molar-refractivity contribution < 1.29 is 4.79 Å². The minimum absolute atomic E-state index is 0.157. The molecule has 17 heavy (non-hydrogen) atoms. The molecular formula is C12H11ClN2OS. The predicted molar refractivity (Wildman–Crippen MR) is 72.9 cm³/mol. The molecule has 0 atom stereocenters. The molecule has 0 aliphatic heterocycles. The lowest BCUT2D eigenvalue weighted by Gasteiger charge is -2.07. The second-order valence-electron chi connectivity index (χ2n) is 3.66. The van der Waals surface area contributed by atoms with Crippen LogP contribution in [0.25, 0.3) is 0 Å². The first kappa shape index (κ1) is 12.0. The molecule has 0 saturated carbocycles. The van der Waals surface area contributed by atoms with Crippen LogP contribution in [0.2, 0.25) is 5.02 Å². The first-order valence-corrected chi connectivity index (χ1v) is 6.29. The van der Waals surface area contributed by atoms with Crippen molar-refractivity contribution in [2.75, 3.05) is 11.1 Å². The van der Waals surface area contributed by atoms with Crippen molar-refractivity contribution >= 4 is 40.2 Å². The van der Waals surface area contributed by atoms with Gasteiger partial charge in [0.25, 0.3) is 5.91 Å². The highest BCUT2D eigenvalue weighted by molar-refractivity contribution is 7.08. The molecule has 0 spiro atoms. The molecule has 3 N–H and O–H groups in total. The van der Waals surface area contributed by atoms with Crippen LogP contribution in [0.5, 0.6) is 0 Å². The molecule has 0 radical (unpaired) electrons. The summed E-state index contributed by atoms with van der Waals surface area (Å²) in [4.78, 5) is 11.9. The number of carbonyl (C=O) groups excluding carboxylic acids is 1. The summed E-state index contributed by atoms with van der Waals surface area (Å²) >= 11 is 7.48. The molecule has 0 bridgehead atoms. The largest absolute Gasteiger partial charge is 0.399 e. The van der Waals surface area contributed by atoms with Gasteiger partial charge in [0.05, 0.1) is 16.3 Å². The van der Waals surface area contributed by atoms with Gasteiger partial charge in [-0.1, -0.05) is 11.6 Å². The number of aryl methyl sites for hydroxylation is 1. The van der Waals surface area contributed by atoms with E-state index in [2.05, 4.69) is 5.32 Å². The Labute approximate surface area is 108 Å². The van der Waals surface area contributed by atoms with E-state index in [1.54, 1.807) is 18.2 Å². The second kappa shape index (κ2) is 4.77. The molecular weight excluding hydrogens is 256 g/mol. The maximum atomic E-state index is 11.9. The monoisotopic (exact) mass is 266 g/mol. The van der Waals surface area contributed by atoms with Crippen molar-refractivity contribution in [3.8, 4) is 0 Å². The zero-order chi connectivity index (χ0) is 12.4. The molecule has 0 saturated heterocycles. The first-order chi connectivity index (χ1) is 8.08. The highest BCUT2D eigenvalue weighted by atomic mass is 35.5. The molecule has 1 heterocycles. The smallest absolute Gasteiger partial charge is 0.256 e. The van der Waals surface area contributed by atoms with E-state index in [1.807, 2.05) is 17.7 Å². The molecule has 88 valence electrons. The molecule has 1 aromatic carbocycles. The van der Waals surface area contributed by atoms with Crippen LogP contribution in [-0.2, 0) is 0 Å². The lowest BCUT2D eigenvalue weighted by Crippen LogP contribution is -2.12. The molecule has 3 nitrogen and oxygen atoms in total. The predicted octanol–water partition coefficient (Wildman–Crippen LogP) is 3.54. The highest BCUT2D eigenvalue weighted by Gasteiger charge is 2.11. The number of amides is 1. The molecule has 5 heteroatoms. The average molecular weight is 267 g/mol. The molecule has 2 rings (SSSR count). The summed E-state index contributed by atoms with van der Waals surface area (Å²) < 4.78 is 0. The van der Waals surface area contributed by atoms with E-state index in [4.69, 9.17) is 17.3 Å². The number of anilines is 2. The van der Waals surface area contributed by atoms with Crippen molar-refractivity contribution in [3.63, 3.8) is 0 Å². The Morgan fingerprint density at radius 1 is 1.41 bits per heavy atom. The van der Waals surface area contributed by atoms with Crippen LogP contribution in [0.4, 0.5) is 11.4 Å². The van der Waals surface area contributed by atoms with Gasteiger partial charge in [0.15, 0.2) is 0 Å². The minimum Gasteiger partial charge on any atom is -0.399 e. The number of carbonyl (C=O) groups is 1. The van der Waals surface area contributed by atoms with Gasteiger partial charge in [-0.2, -0.15) is 11.3 Å². The molecule has 1 aromatic heterocycles. The quantitative estimate of drug-likeness (QED) is 0.817. The Hall–Kier alpha value is -1.52. The van der Waals surface area contributed by atoms with Crippen molar-refractivity contribution in [1.29, 1.82) is 0 Å². The number of thiophene rings is 1. The Bertz CT molecular complexity index is 565. The summed E-state index contributed by atoms with van der Waals surface area (Å²) in [5.41, 5.74) is 8.34. The van der Waals surface area contributed by atoms with E-state index < -0.39 is 0 Å². The fourth-order valence-corrected chi connectivity index (χ4v) is 2.48. The summed E-state index contributed by atoms with van der Waals surface area (Å²) in [6.45, 7) is 1.90. The topological polar surface area (TPSA) is 55.1 Å². The van der Waals surface area contributed by atoms with Gasteiger partial charge in [0.1, 0.15) is 0 Å². The van der Waals surface area contributed by atoms with E-state index in [0.717, 1.165) is 5.56 Å². The second-order valence-corrected chi connectivity index (χ2v) is 4.81. The Kier molecular flexibility index (Phi) is 3.36. The van der Waals surface area contributed by atoms with Crippen LogP contribution in [0.15, 0.2) is 29.0 Å². The maximum absolute atomic E-state index is 11.9. The van der Waals surface area contributed by atoms with Crippen molar-refractivity contribution in [1.82, 2.24) is 0 Å². The van der Waals surface area contributed by atoms with Crippen molar-refractivity contribution in [2.45, 2.75) is 6.92 Å². The zero-order valence-electron chi connectivity index (χ0n) is 9.16. The number of hydrogen-bond donors (Lipinski definition) is 2. The Balaban J connectivity index is 2.22. The number of benzene rings is 1. The number of nitrogens with one attached hydrogen (secondary N) is 1. The van der Waals surface area contributed by atoms with Gasteiger partial charge in [-0.3, -0.25) is 4.79 Å². The summed E-state index contributed by atoms with van der Waals surface area (Å²) in [5.74, 6) is -0.157. The molecule has 0 aliphatic carbocycles. The molecule has 0 aliphatic rings. The third kappa shape index (κ3) is 2.60. The number of hydrogen-bond acceptors (Lipinski definition) is 3. The standard InChI is InChI=1S/C12H11ClN2OS/c1-7-5-17-6-9(7)12(16)15-11-3-2-8(14)4-10(11)13/h2-6H,14H2,1H3,(H,15,16). The minimum atomic E-state index is -0.157. The van der Waals surface area contributed by atoms with E-state index in [1.165, 1.54) is 11.3 Å². The fraction of sp³-hybridized carbons (Fsp3) is 0.0833. The van der Waals surface area contributed by atoms with E-state index in [-0.39, 0.29) is 5.91 Å². The van der Waals surface area contributed by atoms with E-state index in [9.17, 15) is 4.79 Å².